The first-order valence-corrected chi connectivity index (χ1v) is 8.80. The molecule has 1 aliphatic rings. The molecule has 20 heavy (non-hydrogen) atoms. The fourth-order valence-corrected chi connectivity index (χ4v) is 5.12. The number of benzene rings is 1. The van der Waals surface area contributed by atoms with Crippen LogP contribution in [0, 0.1) is 5.92 Å². The molecular formula is C13H18Cl2N2O2S. The van der Waals surface area contributed by atoms with Crippen molar-refractivity contribution in [1.29, 1.82) is 0 Å². The van der Waals surface area contributed by atoms with Gasteiger partial charge in [-0.05, 0) is 30.9 Å². The van der Waals surface area contributed by atoms with Crippen molar-refractivity contribution in [1.82, 2.24) is 4.31 Å². The molecule has 0 bridgehead atoms. The van der Waals surface area contributed by atoms with Gasteiger partial charge in [0, 0.05) is 18.1 Å². The number of halogens is 2. The number of hydrogen-bond donors (Lipinski definition) is 1. The number of anilines is 1. The second kappa shape index (κ2) is 6.10. The molecule has 1 unspecified atom stereocenters. The number of hydrogen-bond acceptors (Lipinski definition) is 3. The monoisotopic (exact) mass is 336 g/mol. The molecule has 1 atom stereocenters. The maximum atomic E-state index is 12.7. The van der Waals surface area contributed by atoms with Gasteiger partial charge in [-0.2, -0.15) is 4.31 Å². The van der Waals surface area contributed by atoms with Gasteiger partial charge >= 0.3 is 0 Å². The first-order valence-electron chi connectivity index (χ1n) is 6.61. The van der Waals surface area contributed by atoms with E-state index in [1.165, 1.54) is 16.4 Å². The van der Waals surface area contributed by atoms with Crippen molar-refractivity contribution in [3.63, 3.8) is 0 Å². The van der Waals surface area contributed by atoms with Gasteiger partial charge in [-0.15, -0.1) is 0 Å². The van der Waals surface area contributed by atoms with Crippen LogP contribution in [0.4, 0.5) is 5.69 Å². The molecule has 2 N–H and O–H groups in total. The van der Waals surface area contributed by atoms with Gasteiger partial charge in [-0.1, -0.05) is 36.5 Å². The fraction of sp³-hybridized carbons (Fsp3) is 0.538. The highest BCUT2D eigenvalue weighted by Crippen LogP contribution is 2.35. The van der Waals surface area contributed by atoms with Crippen LogP contribution in [0.5, 0.6) is 0 Å². The molecule has 1 aromatic carbocycles. The van der Waals surface area contributed by atoms with Gasteiger partial charge in [0.1, 0.15) is 4.90 Å². The van der Waals surface area contributed by atoms with Gasteiger partial charge in [0.15, 0.2) is 0 Å². The Labute approximate surface area is 129 Å². The molecule has 0 amide bonds. The third kappa shape index (κ3) is 3.06. The highest BCUT2D eigenvalue weighted by Gasteiger charge is 2.34. The van der Waals surface area contributed by atoms with E-state index < -0.39 is 10.0 Å². The summed E-state index contributed by atoms with van der Waals surface area (Å²) in [5, 5.41) is 0.408. The first-order chi connectivity index (χ1) is 9.36. The molecule has 1 saturated heterocycles. The Bertz CT molecular complexity index is 581. The maximum absolute atomic E-state index is 12.7. The molecule has 1 heterocycles. The van der Waals surface area contributed by atoms with Crippen molar-refractivity contribution in [3.05, 3.63) is 22.2 Å². The molecule has 0 radical (unpaired) electrons. The summed E-state index contributed by atoms with van der Waals surface area (Å²) >= 11 is 11.8. The van der Waals surface area contributed by atoms with Crippen LogP contribution in [0.25, 0.3) is 0 Å². The van der Waals surface area contributed by atoms with Crippen LogP contribution in [-0.2, 0) is 10.0 Å². The van der Waals surface area contributed by atoms with E-state index in [1.807, 2.05) is 0 Å². The lowest BCUT2D eigenvalue weighted by molar-refractivity contribution is 0.445. The maximum Gasteiger partial charge on any atom is 0.246 e. The minimum Gasteiger partial charge on any atom is -0.398 e. The van der Waals surface area contributed by atoms with Crippen LogP contribution in [-0.4, -0.2) is 25.8 Å². The second-order valence-corrected chi connectivity index (χ2v) is 7.83. The minimum atomic E-state index is -3.65. The molecule has 1 aliphatic heterocycles. The zero-order valence-corrected chi connectivity index (χ0v) is 13.6. The highest BCUT2D eigenvalue weighted by atomic mass is 35.5. The van der Waals surface area contributed by atoms with E-state index in [-0.39, 0.29) is 15.6 Å². The van der Waals surface area contributed by atoms with E-state index in [2.05, 4.69) is 6.92 Å². The van der Waals surface area contributed by atoms with Crippen LogP contribution >= 0.6 is 23.2 Å². The van der Waals surface area contributed by atoms with Gasteiger partial charge in [0.05, 0.1) is 10.7 Å². The van der Waals surface area contributed by atoms with E-state index in [9.17, 15) is 8.42 Å². The van der Waals surface area contributed by atoms with Gasteiger partial charge in [0.25, 0.3) is 0 Å². The molecule has 112 valence electrons. The van der Waals surface area contributed by atoms with Gasteiger partial charge in [-0.3, -0.25) is 0 Å². The van der Waals surface area contributed by atoms with E-state index in [4.69, 9.17) is 28.9 Å². The van der Waals surface area contributed by atoms with Gasteiger partial charge in [0.2, 0.25) is 10.0 Å². The summed E-state index contributed by atoms with van der Waals surface area (Å²) in [5.41, 5.74) is 5.89. The SMILES string of the molecule is CCCC1CCN(S(=O)(=O)c2c(N)cc(Cl)cc2Cl)C1. The number of nitrogen functional groups attached to an aromatic ring is 1. The quantitative estimate of drug-likeness (QED) is 0.857. The summed E-state index contributed by atoms with van der Waals surface area (Å²) in [6, 6.07) is 2.83. The molecule has 0 spiro atoms. The third-order valence-corrected chi connectivity index (χ3v) is 6.19. The van der Waals surface area contributed by atoms with Crippen LogP contribution in [0.2, 0.25) is 10.0 Å². The van der Waals surface area contributed by atoms with Crippen LogP contribution in [0.15, 0.2) is 17.0 Å². The van der Waals surface area contributed by atoms with E-state index in [0.717, 1.165) is 19.3 Å². The zero-order chi connectivity index (χ0) is 14.9. The molecule has 0 aromatic heterocycles. The molecule has 0 aliphatic carbocycles. The molecule has 7 heteroatoms. The Kier molecular flexibility index (Phi) is 4.84. The van der Waals surface area contributed by atoms with Crippen LogP contribution in [0.3, 0.4) is 0 Å². The Balaban J connectivity index is 2.33. The van der Waals surface area contributed by atoms with Crippen LogP contribution in [0.1, 0.15) is 26.2 Å². The smallest absolute Gasteiger partial charge is 0.246 e. The van der Waals surface area contributed by atoms with Crippen molar-refractivity contribution in [3.8, 4) is 0 Å². The summed E-state index contributed by atoms with van der Waals surface area (Å²) < 4.78 is 26.8. The summed E-state index contributed by atoms with van der Waals surface area (Å²) in [5.74, 6) is 0.419. The Hall–Kier alpha value is -0.490. The molecule has 1 fully saturated rings. The zero-order valence-electron chi connectivity index (χ0n) is 11.3. The van der Waals surface area contributed by atoms with Gasteiger partial charge < -0.3 is 5.73 Å². The first kappa shape index (κ1) is 15.9. The lowest BCUT2D eigenvalue weighted by Gasteiger charge is -2.19. The predicted octanol–water partition coefficient (Wildman–Crippen LogP) is 3.39. The van der Waals surface area contributed by atoms with Crippen molar-refractivity contribution >= 4 is 38.9 Å². The molecular weight excluding hydrogens is 319 g/mol. The number of nitrogens with zero attached hydrogens (tertiary/aromatic N) is 1. The largest absolute Gasteiger partial charge is 0.398 e. The van der Waals surface area contributed by atoms with Crippen molar-refractivity contribution in [2.45, 2.75) is 31.1 Å². The Morgan fingerprint density at radius 1 is 1.40 bits per heavy atom. The molecule has 4 nitrogen and oxygen atoms in total. The van der Waals surface area contributed by atoms with Gasteiger partial charge in [-0.25, -0.2) is 8.42 Å². The predicted molar refractivity (Wildman–Crippen MR) is 82.6 cm³/mol. The normalized spacial score (nSPS) is 20.4. The lowest BCUT2D eigenvalue weighted by atomic mass is 10.0. The average Bonchev–Trinajstić information content (AvgIpc) is 2.76. The molecule has 0 saturated carbocycles. The highest BCUT2D eigenvalue weighted by molar-refractivity contribution is 7.89. The van der Waals surface area contributed by atoms with Crippen molar-refractivity contribution in [2.24, 2.45) is 5.92 Å². The topological polar surface area (TPSA) is 63.4 Å². The fourth-order valence-electron chi connectivity index (χ4n) is 2.64. The summed E-state index contributed by atoms with van der Waals surface area (Å²) in [4.78, 5) is -0.0271. The standard InChI is InChI=1S/C13H18Cl2N2O2S/c1-2-3-9-4-5-17(8-9)20(18,19)13-11(15)6-10(14)7-12(13)16/h6-7,9H,2-5,8,16H2,1H3. The van der Waals surface area contributed by atoms with E-state index in [0.29, 0.717) is 24.0 Å². The summed E-state index contributed by atoms with van der Waals surface area (Å²) in [7, 11) is -3.65. The summed E-state index contributed by atoms with van der Waals surface area (Å²) in [6.07, 6.45) is 2.98. The summed E-state index contributed by atoms with van der Waals surface area (Å²) in [6.45, 7) is 3.16. The Morgan fingerprint density at radius 3 is 2.70 bits per heavy atom. The average molecular weight is 337 g/mol. The van der Waals surface area contributed by atoms with E-state index >= 15 is 0 Å². The van der Waals surface area contributed by atoms with E-state index in [1.54, 1.807) is 0 Å². The lowest BCUT2D eigenvalue weighted by Crippen LogP contribution is -2.29. The number of sulfonamides is 1. The minimum absolute atomic E-state index is 0.0271. The third-order valence-electron chi connectivity index (χ3n) is 3.58. The van der Waals surface area contributed by atoms with Crippen LogP contribution < -0.4 is 5.73 Å². The van der Waals surface area contributed by atoms with Crippen molar-refractivity contribution in [2.75, 3.05) is 18.8 Å². The molecule has 1 aromatic rings. The number of nitrogens with two attached hydrogens (primary N) is 1. The molecule has 2 rings (SSSR count). The van der Waals surface area contributed by atoms with Crippen molar-refractivity contribution < 1.29 is 8.42 Å². The number of rotatable bonds is 4. The Morgan fingerprint density at radius 2 is 2.10 bits per heavy atom. The second-order valence-electron chi connectivity index (χ2n) is 5.11.